The van der Waals surface area contributed by atoms with Gasteiger partial charge in [0.1, 0.15) is 0 Å². The first-order chi connectivity index (χ1) is 20.7. The lowest BCUT2D eigenvalue weighted by atomic mass is 9.96. The fourth-order valence-corrected chi connectivity index (χ4v) is 6.90. The number of anilines is 2. The predicted octanol–water partition coefficient (Wildman–Crippen LogP) is 9.17. The number of rotatable bonds is 7. The summed E-state index contributed by atoms with van der Waals surface area (Å²) in [6.07, 6.45) is 10.0. The molecule has 0 bridgehead atoms. The third-order valence-corrected chi connectivity index (χ3v) is 8.82. The van der Waals surface area contributed by atoms with Gasteiger partial charge in [-0.05, 0) is 64.9 Å². The summed E-state index contributed by atoms with van der Waals surface area (Å²) in [4.78, 5) is 7.57. The van der Waals surface area contributed by atoms with Crippen LogP contribution in [0.4, 0.5) is 11.4 Å². The largest absolute Gasteiger partial charge is 0.373 e. The molecule has 1 aliphatic rings. The van der Waals surface area contributed by atoms with E-state index in [9.17, 15) is 0 Å². The minimum absolute atomic E-state index is 0.652. The summed E-state index contributed by atoms with van der Waals surface area (Å²) in [7, 11) is 3.92. The van der Waals surface area contributed by atoms with Crippen molar-refractivity contribution in [2.45, 2.75) is 17.3 Å². The second-order valence-corrected chi connectivity index (χ2v) is 11.2. The maximum Gasteiger partial charge on any atom is 0.0921 e. The van der Waals surface area contributed by atoms with Crippen molar-refractivity contribution in [3.63, 3.8) is 0 Å². The van der Waals surface area contributed by atoms with Gasteiger partial charge < -0.3 is 14.8 Å². The Kier molecular flexibility index (Phi) is 8.11. The molecule has 1 aliphatic heterocycles. The molecule has 0 amide bonds. The highest BCUT2D eigenvalue weighted by molar-refractivity contribution is 7.98. The maximum absolute atomic E-state index is 4.55. The second-order valence-electron chi connectivity index (χ2n) is 10.2. The minimum Gasteiger partial charge on any atom is -0.373 e. The highest BCUT2D eigenvalue weighted by atomic mass is 32.2. The van der Waals surface area contributed by atoms with Gasteiger partial charge >= 0.3 is 0 Å². The fraction of sp³-hybridized carbons (Fsp3) is 0.108. The normalized spacial score (nSPS) is 13.9. The molecule has 0 saturated heterocycles. The number of para-hydroxylation sites is 2. The maximum atomic E-state index is 4.55. The molecule has 4 aromatic carbocycles. The zero-order chi connectivity index (χ0) is 28.9. The van der Waals surface area contributed by atoms with Gasteiger partial charge in [0.25, 0.3) is 0 Å². The number of benzene rings is 4. The fourth-order valence-electron chi connectivity index (χ4n) is 5.59. The van der Waals surface area contributed by atoms with E-state index in [2.05, 4.69) is 143 Å². The molecule has 208 valence electrons. The molecule has 4 nitrogen and oxygen atoms in total. The molecule has 5 aromatic rings. The Morgan fingerprint density at radius 1 is 0.929 bits per heavy atom. The molecule has 0 atom stereocenters. The summed E-state index contributed by atoms with van der Waals surface area (Å²) in [5.74, 6) is 0.837. The molecule has 0 fully saturated rings. The molecular formula is C37H34N4S. The van der Waals surface area contributed by atoms with Crippen LogP contribution in [0.15, 0.2) is 132 Å². The first kappa shape index (κ1) is 27.4. The lowest BCUT2D eigenvalue weighted by Crippen LogP contribution is -2.13. The number of allylic oxidation sites excluding steroid dienone is 3. The van der Waals surface area contributed by atoms with E-state index in [0.717, 1.165) is 17.0 Å². The number of nitrogens with zero attached hydrogens (tertiary/aromatic N) is 3. The standard InChI is InChI=1S/C37H34N4S/c1-27-19-21-34-32(31-17-10-11-18-33(31)41(34)26-39-24-12-23-38-2)25-42-37-30(27)20-22-35(36(37)28-13-6-4-7-14-28)40(3)29-15-8-5-9-16-29/h4-24,39H,1,25-26H2,2-3H3/b21-19-,24-12-,38-23?. The van der Waals surface area contributed by atoms with Gasteiger partial charge in [-0.3, -0.25) is 4.99 Å². The molecule has 0 radical (unpaired) electrons. The van der Waals surface area contributed by atoms with Crippen molar-refractivity contribution < 1.29 is 0 Å². The van der Waals surface area contributed by atoms with E-state index >= 15 is 0 Å². The quantitative estimate of drug-likeness (QED) is 0.199. The van der Waals surface area contributed by atoms with Crippen LogP contribution in [0.25, 0.3) is 33.7 Å². The van der Waals surface area contributed by atoms with Gasteiger partial charge in [0.2, 0.25) is 0 Å². The van der Waals surface area contributed by atoms with Crippen LogP contribution in [-0.4, -0.2) is 24.9 Å². The summed E-state index contributed by atoms with van der Waals surface area (Å²) >= 11 is 1.90. The molecule has 2 heterocycles. The molecule has 1 aromatic heterocycles. The molecule has 5 heteroatoms. The third kappa shape index (κ3) is 5.31. The highest BCUT2D eigenvalue weighted by Crippen LogP contribution is 2.47. The average molecular weight is 567 g/mol. The molecule has 0 saturated carbocycles. The second kappa shape index (κ2) is 12.4. The van der Waals surface area contributed by atoms with E-state index in [1.807, 2.05) is 24.0 Å². The van der Waals surface area contributed by atoms with E-state index in [1.165, 1.54) is 49.4 Å². The lowest BCUT2D eigenvalue weighted by Gasteiger charge is -2.26. The van der Waals surface area contributed by atoms with Gasteiger partial charge in [0, 0.05) is 59.0 Å². The summed E-state index contributed by atoms with van der Waals surface area (Å²) < 4.78 is 2.35. The zero-order valence-corrected chi connectivity index (χ0v) is 24.8. The van der Waals surface area contributed by atoms with Gasteiger partial charge in [0.05, 0.1) is 12.2 Å². The monoisotopic (exact) mass is 566 g/mol. The number of thioether (sulfide) groups is 1. The summed E-state index contributed by atoms with van der Waals surface area (Å²) in [5.41, 5.74) is 10.7. The molecular weight excluding hydrogens is 533 g/mol. The number of aliphatic imine (C=N–C) groups is 1. The zero-order valence-electron chi connectivity index (χ0n) is 24.0. The van der Waals surface area contributed by atoms with Crippen LogP contribution < -0.4 is 10.2 Å². The summed E-state index contributed by atoms with van der Waals surface area (Å²) in [5, 5.41) is 4.71. The predicted molar refractivity (Wildman–Crippen MR) is 183 cm³/mol. The highest BCUT2D eigenvalue weighted by Gasteiger charge is 2.23. The minimum atomic E-state index is 0.652. The number of hydrogen-bond donors (Lipinski definition) is 1. The van der Waals surface area contributed by atoms with Crippen LogP contribution in [0.5, 0.6) is 0 Å². The van der Waals surface area contributed by atoms with Gasteiger partial charge in [-0.1, -0.05) is 85.5 Å². The van der Waals surface area contributed by atoms with Gasteiger partial charge in [-0.2, -0.15) is 0 Å². The number of fused-ring (bicyclic) bond motifs is 4. The van der Waals surface area contributed by atoms with E-state index in [1.54, 1.807) is 13.3 Å². The molecule has 0 aliphatic carbocycles. The van der Waals surface area contributed by atoms with Gasteiger partial charge in [-0.25, -0.2) is 0 Å². The third-order valence-electron chi connectivity index (χ3n) is 7.67. The Morgan fingerprint density at radius 2 is 1.67 bits per heavy atom. The van der Waals surface area contributed by atoms with Crippen molar-refractivity contribution >= 4 is 51.9 Å². The van der Waals surface area contributed by atoms with Crippen molar-refractivity contribution in [2.75, 3.05) is 19.0 Å². The van der Waals surface area contributed by atoms with Crippen LogP contribution >= 0.6 is 11.8 Å². The summed E-state index contributed by atoms with van der Waals surface area (Å²) in [6.45, 7) is 5.21. The lowest BCUT2D eigenvalue weighted by molar-refractivity contribution is 0.659. The Hall–Kier alpha value is -4.74. The van der Waals surface area contributed by atoms with Crippen LogP contribution in [0, 0.1) is 0 Å². The van der Waals surface area contributed by atoms with Crippen molar-refractivity contribution in [1.29, 1.82) is 0 Å². The van der Waals surface area contributed by atoms with E-state index in [-0.39, 0.29) is 0 Å². The molecule has 6 rings (SSSR count). The van der Waals surface area contributed by atoms with Crippen molar-refractivity contribution in [2.24, 2.45) is 4.99 Å². The Morgan fingerprint density at radius 3 is 2.45 bits per heavy atom. The Labute approximate surface area is 252 Å². The van der Waals surface area contributed by atoms with E-state index < -0.39 is 0 Å². The Bertz CT molecular complexity index is 1810. The topological polar surface area (TPSA) is 32.6 Å². The first-order valence-corrected chi connectivity index (χ1v) is 15.1. The van der Waals surface area contributed by atoms with Crippen molar-refractivity contribution in [3.05, 3.63) is 139 Å². The Balaban J connectivity index is 1.50. The molecule has 0 unspecified atom stereocenters. The van der Waals surface area contributed by atoms with Crippen molar-refractivity contribution in [1.82, 2.24) is 9.88 Å². The van der Waals surface area contributed by atoms with Gasteiger partial charge in [-0.15, -0.1) is 11.8 Å². The van der Waals surface area contributed by atoms with Crippen LogP contribution in [0.2, 0.25) is 0 Å². The average Bonchev–Trinajstić information content (AvgIpc) is 3.37. The molecule has 42 heavy (non-hydrogen) atoms. The SMILES string of the molecule is C=C1/C=C\c2c(c3ccccc3n2CN/C=C\C=NC)CSc2c1ccc(N(C)c1ccccc1)c2-c1ccccc1. The van der Waals surface area contributed by atoms with Crippen LogP contribution in [-0.2, 0) is 12.4 Å². The number of aromatic nitrogens is 1. The van der Waals surface area contributed by atoms with E-state index in [0.29, 0.717) is 6.67 Å². The van der Waals surface area contributed by atoms with Crippen molar-refractivity contribution in [3.8, 4) is 11.1 Å². The number of nitrogens with one attached hydrogen (secondary N) is 1. The van der Waals surface area contributed by atoms with Gasteiger partial charge in [0.15, 0.2) is 0 Å². The summed E-state index contributed by atoms with van der Waals surface area (Å²) in [6, 6.07) is 34.5. The molecule has 0 spiro atoms. The smallest absolute Gasteiger partial charge is 0.0921 e. The number of hydrogen-bond acceptors (Lipinski definition) is 4. The van der Waals surface area contributed by atoms with E-state index in [4.69, 9.17) is 0 Å². The first-order valence-electron chi connectivity index (χ1n) is 14.1. The molecule has 1 N–H and O–H groups in total. The van der Waals surface area contributed by atoms with Crippen LogP contribution in [0.3, 0.4) is 0 Å². The van der Waals surface area contributed by atoms with Crippen LogP contribution in [0.1, 0.15) is 16.8 Å².